The maximum atomic E-state index is 12.1. The van der Waals surface area contributed by atoms with Crippen LogP contribution in [0.5, 0.6) is 0 Å². The summed E-state index contributed by atoms with van der Waals surface area (Å²) in [5.74, 6) is -1.10. The Hall–Kier alpha value is -1.84. The van der Waals surface area contributed by atoms with Gasteiger partial charge < -0.3 is 10.0 Å². The summed E-state index contributed by atoms with van der Waals surface area (Å²) in [7, 11) is 1.77. The molecule has 1 N–H and O–H groups in total. The molecule has 4 heteroatoms. The molecule has 90 valence electrons. The van der Waals surface area contributed by atoms with Crippen LogP contribution in [0.4, 0.5) is 0 Å². The fraction of sp³-hybridized carbons (Fsp3) is 0.385. The molecule has 0 spiro atoms. The van der Waals surface area contributed by atoms with Gasteiger partial charge in [0.15, 0.2) is 0 Å². The predicted octanol–water partition coefficient (Wildman–Crippen LogP) is 1.93. The highest BCUT2D eigenvalue weighted by Crippen LogP contribution is 2.27. The maximum Gasteiger partial charge on any atom is 0.335 e. The standard InChI is InChI=1S/C13H15NO3/c1-8-5-9(7-10(6-8)13(16)17)12(15)14(2)11-3-4-11/h5-7,11H,3-4H2,1-2H3,(H,16,17). The highest BCUT2D eigenvalue weighted by Gasteiger charge is 2.30. The first-order chi connectivity index (χ1) is 7.99. The molecule has 0 atom stereocenters. The average molecular weight is 233 g/mol. The molecule has 0 heterocycles. The topological polar surface area (TPSA) is 57.6 Å². The summed E-state index contributed by atoms with van der Waals surface area (Å²) in [5, 5.41) is 8.95. The van der Waals surface area contributed by atoms with Crippen molar-refractivity contribution in [3.63, 3.8) is 0 Å². The molecule has 1 amide bonds. The molecular weight excluding hydrogens is 218 g/mol. The van der Waals surface area contributed by atoms with Crippen LogP contribution in [-0.4, -0.2) is 35.0 Å². The van der Waals surface area contributed by atoms with Gasteiger partial charge in [-0.3, -0.25) is 4.79 Å². The van der Waals surface area contributed by atoms with Gasteiger partial charge in [0.1, 0.15) is 0 Å². The van der Waals surface area contributed by atoms with E-state index in [1.807, 2.05) is 0 Å². The molecule has 0 unspecified atom stereocenters. The van der Waals surface area contributed by atoms with Gasteiger partial charge in [0.05, 0.1) is 5.56 Å². The number of benzene rings is 1. The second kappa shape index (κ2) is 4.20. The van der Waals surface area contributed by atoms with Gasteiger partial charge in [-0.1, -0.05) is 0 Å². The lowest BCUT2D eigenvalue weighted by Crippen LogP contribution is -2.28. The quantitative estimate of drug-likeness (QED) is 0.867. The van der Waals surface area contributed by atoms with Gasteiger partial charge in [-0.2, -0.15) is 0 Å². The van der Waals surface area contributed by atoms with E-state index in [0.29, 0.717) is 11.6 Å². The van der Waals surface area contributed by atoms with Crippen molar-refractivity contribution in [2.75, 3.05) is 7.05 Å². The Morgan fingerprint density at radius 1 is 1.24 bits per heavy atom. The first-order valence-electron chi connectivity index (χ1n) is 5.61. The number of hydrogen-bond donors (Lipinski definition) is 1. The number of carboxylic acids is 1. The van der Waals surface area contributed by atoms with Gasteiger partial charge >= 0.3 is 5.97 Å². The zero-order valence-electron chi connectivity index (χ0n) is 9.93. The number of carbonyl (C=O) groups excluding carboxylic acids is 1. The SMILES string of the molecule is Cc1cc(C(=O)O)cc(C(=O)N(C)C2CC2)c1. The molecule has 1 aromatic rings. The van der Waals surface area contributed by atoms with Crippen LogP contribution in [0.2, 0.25) is 0 Å². The van der Waals surface area contributed by atoms with Crippen molar-refractivity contribution in [2.45, 2.75) is 25.8 Å². The molecule has 4 nitrogen and oxygen atoms in total. The minimum absolute atomic E-state index is 0.0984. The third-order valence-electron chi connectivity index (χ3n) is 2.99. The molecule has 1 saturated carbocycles. The molecule has 0 bridgehead atoms. The van der Waals surface area contributed by atoms with Crippen LogP contribution >= 0.6 is 0 Å². The van der Waals surface area contributed by atoms with E-state index in [-0.39, 0.29) is 11.5 Å². The Bertz CT molecular complexity index is 478. The summed E-state index contributed by atoms with van der Waals surface area (Å²) in [6.07, 6.45) is 2.08. The van der Waals surface area contributed by atoms with Crippen molar-refractivity contribution < 1.29 is 14.7 Å². The Kier molecular flexibility index (Phi) is 2.88. The second-order valence-corrected chi connectivity index (χ2v) is 4.54. The van der Waals surface area contributed by atoms with Crippen molar-refractivity contribution in [3.8, 4) is 0 Å². The lowest BCUT2D eigenvalue weighted by atomic mass is 10.1. The lowest BCUT2D eigenvalue weighted by Gasteiger charge is -2.16. The molecular formula is C13H15NO3. The van der Waals surface area contributed by atoms with Gasteiger partial charge in [0.2, 0.25) is 0 Å². The number of rotatable bonds is 3. The summed E-state index contributed by atoms with van der Waals surface area (Å²) >= 11 is 0. The molecule has 0 aromatic heterocycles. The summed E-state index contributed by atoms with van der Waals surface area (Å²) in [5.41, 5.74) is 1.41. The fourth-order valence-electron chi connectivity index (χ4n) is 1.86. The van der Waals surface area contributed by atoms with E-state index in [9.17, 15) is 9.59 Å². The number of aryl methyl sites for hydroxylation is 1. The lowest BCUT2D eigenvalue weighted by molar-refractivity contribution is 0.0696. The van der Waals surface area contributed by atoms with E-state index < -0.39 is 5.97 Å². The number of carboxylic acid groups (broad SMARTS) is 1. The zero-order valence-corrected chi connectivity index (χ0v) is 9.93. The zero-order chi connectivity index (χ0) is 12.6. The number of carbonyl (C=O) groups is 2. The normalized spacial score (nSPS) is 14.5. The third-order valence-corrected chi connectivity index (χ3v) is 2.99. The molecule has 2 rings (SSSR count). The van der Waals surface area contributed by atoms with Crippen molar-refractivity contribution >= 4 is 11.9 Å². The summed E-state index contributed by atoms with van der Waals surface area (Å²) in [4.78, 5) is 24.7. The van der Waals surface area contributed by atoms with E-state index in [1.165, 1.54) is 6.07 Å². The first-order valence-corrected chi connectivity index (χ1v) is 5.61. The Labute approximate surface area is 99.9 Å². The van der Waals surface area contributed by atoms with E-state index in [0.717, 1.165) is 18.4 Å². The largest absolute Gasteiger partial charge is 0.478 e. The van der Waals surface area contributed by atoms with Gasteiger partial charge in [-0.15, -0.1) is 0 Å². The molecule has 0 saturated heterocycles. The summed E-state index contributed by atoms with van der Waals surface area (Å²) in [6, 6.07) is 5.07. The second-order valence-electron chi connectivity index (χ2n) is 4.54. The molecule has 1 aromatic carbocycles. The highest BCUT2D eigenvalue weighted by molar-refractivity contribution is 5.98. The van der Waals surface area contributed by atoms with Crippen molar-refractivity contribution in [3.05, 3.63) is 34.9 Å². The van der Waals surface area contributed by atoms with Crippen LogP contribution in [0.3, 0.4) is 0 Å². The minimum atomic E-state index is -1.00. The van der Waals surface area contributed by atoms with Crippen LogP contribution in [0.15, 0.2) is 18.2 Å². The van der Waals surface area contributed by atoms with Crippen molar-refractivity contribution in [1.82, 2.24) is 4.90 Å². The average Bonchev–Trinajstić information content (AvgIpc) is 3.10. The fourth-order valence-corrected chi connectivity index (χ4v) is 1.86. The Balaban J connectivity index is 2.30. The van der Waals surface area contributed by atoms with Crippen LogP contribution in [-0.2, 0) is 0 Å². The minimum Gasteiger partial charge on any atom is -0.478 e. The Morgan fingerprint density at radius 3 is 2.35 bits per heavy atom. The Morgan fingerprint density at radius 2 is 1.82 bits per heavy atom. The number of amides is 1. The molecule has 1 fully saturated rings. The first kappa shape index (κ1) is 11.6. The van der Waals surface area contributed by atoms with Crippen LogP contribution in [0.1, 0.15) is 39.1 Å². The highest BCUT2D eigenvalue weighted by atomic mass is 16.4. The summed E-state index contributed by atoms with van der Waals surface area (Å²) in [6.45, 7) is 1.79. The third kappa shape index (κ3) is 2.46. The van der Waals surface area contributed by atoms with Gasteiger partial charge in [-0.05, 0) is 43.5 Å². The number of aromatic carboxylic acids is 1. The van der Waals surface area contributed by atoms with Crippen LogP contribution in [0.25, 0.3) is 0 Å². The number of nitrogens with zero attached hydrogens (tertiary/aromatic N) is 1. The molecule has 0 aliphatic heterocycles. The van der Waals surface area contributed by atoms with Crippen molar-refractivity contribution in [2.24, 2.45) is 0 Å². The van der Waals surface area contributed by atoms with E-state index in [4.69, 9.17) is 5.11 Å². The number of hydrogen-bond acceptors (Lipinski definition) is 2. The van der Waals surface area contributed by atoms with E-state index >= 15 is 0 Å². The smallest absolute Gasteiger partial charge is 0.335 e. The molecule has 0 radical (unpaired) electrons. The van der Waals surface area contributed by atoms with Gasteiger partial charge in [0, 0.05) is 18.7 Å². The van der Waals surface area contributed by atoms with E-state index in [1.54, 1.807) is 31.0 Å². The maximum absolute atomic E-state index is 12.1. The predicted molar refractivity (Wildman–Crippen MR) is 63.3 cm³/mol. The van der Waals surface area contributed by atoms with Gasteiger partial charge in [-0.25, -0.2) is 4.79 Å². The molecule has 17 heavy (non-hydrogen) atoms. The van der Waals surface area contributed by atoms with Crippen LogP contribution in [0, 0.1) is 6.92 Å². The molecule has 1 aliphatic rings. The molecule has 1 aliphatic carbocycles. The van der Waals surface area contributed by atoms with Gasteiger partial charge in [0.25, 0.3) is 5.91 Å². The van der Waals surface area contributed by atoms with Crippen molar-refractivity contribution in [1.29, 1.82) is 0 Å². The van der Waals surface area contributed by atoms with Crippen LogP contribution < -0.4 is 0 Å². The monoisotopic (exact) mass is 233 g/mol. The van der Waals surface area contributed by atoms with E-state index in [2.05, 4.69) is 0 Å². The summed E-state index contributed by atoms with van der Waals surface area (Å²) < 4.78 is 0.